The van der Waals surface area contributed by atoms with Gasteiger partial charge in [-0.3, -0.25) is 0 Å². The average Bonchev–Trinajstić information content (AvgIpc) is 2.79. The first-order valence-electron chi connectivity index (χ1n) is 10.0. The highest BCUT2D eigenvalue weighted by Gasteiger charge is 2.21. The normalized spacial score (nSPS) is 16.6. The van der Waals surface area contributed by atoms with Crippen molar-refractivity contribution in [2.75, 3.05) is 48.4 Å². The average molecular weight is 388 g/mol. The van der Waals surface area contributed by atoms with Gasteiger partial charge in [-0.2, -0.15) is 4.98 Å². The van der Waals surface area contributed by atoms with Crippen LogP contribution in [0.5, 0.6) is 0 Å². The first-order chi connectivity index (χ1) is 14.3. The van der Waals surface area contributed by atoms with Crippen molar-refractivity contribution >= 4 is 17.6 Å². The number of benzene rings is 1. The van der Waals surface area contributed by atoms with E-state index in [1.807, 2.05) is 12.1 Å². The van der Waals surface area contributed by atoms with Gasteiger partial charge in [0.05, 0.1) is 18.9 Å². The van der Waals surface area contributed by atoms with Crippen LogP contribution in [0.15, 0.2) is 48.7 Å². The topological polar surface area (TPSA) is 80.4 Å². The largest absolute Gasteiger partial charge is 0.384 e. The third-order valence-electron chi connectivity index (χ3n) is 5.53. The van der Waals surface area contributed by atoms with Gasteiger partial charge in [0.25, 0.3) is 0 Å². The molecule has 4 heterocycles. The summed E-state index contributed by atoms with van der Waals surface area (Å²) in [5.74, 6) is 2.20. The lowest BCUT2D eigenvalue weighted by molar-refractivity contribution is 0.122. The number of pyridine rings is 1. The molecular weight excluding hydrogens is 364 g/mol. The molecular formula is C22H24N6O. The van der Waals surface area contributed by atoms with Gasteiger partial charge < -0.3 is 20.3 Å². The molecule has 0 radical (unpaired) electrons. The number of hydrogen-bond acceptors (Lipinski definition) is 7. The molecule has 0 unspecified atom stereocenters. The molecule has 1 aromatic carbocycles. The smallest absolute Gasteiger partial charge is 0.228 e. The lowest BCUT2D eigenvalue weighted by Crippen LogP contribution is -2.38. The van der Waals surface area contributed by atoms with E-state index in [2.05, 4.69) is 45.1 Å². The number of nitrogens with zero attached hydrogens (tertiary/aromatic N) is 5. The molecule has 5 rings (SSSR count). The summed E-state index contributed by atoms with van der Waals surface area (Å²) in [5.41, 5.74) is 10.4. The highest BCUT2D eigenvalue weighted by Crippen LogP contribution is 2.29. The van der Waals surface area contributed by atoms with E-state index < -0.39 is 0 Å². The molecule has 0 amide bonds. The quantitative estimate of drug-likeness (QED) is 0.738. The van der Waals surface area contributed by atoms with Crippen LogP contribution in [-0.2, 0) is 17.7 Å². The zero-order valence-corrected chi connectivity index (χ0v) is 16.3. The number of ether oxygens (including phenoxy) is 1. The number of anilines is 3. The number of rotatable bonds is 3. The molecule has 29 heavy (non-hydrogen) atoms. The number of nitrogen functional groups attached to an aromatic ring is 1. The molecule has 148 valence electrons. The lowest BCUT2D eigenvalue weighted by Gasteiger charge is -2.32. The fraction of sp³-hybridized carbons (Fsp3) is 0.318. The maximum absolute atomic E-state index is 5.77. The number of aromatic nitrogens is 3. The second-order valence-electron chi connectivity index (χ2n) is 7.42. The molecule has 0 bridgehead atoms. The summed E-state index contributed by atoms with van der Waals surface area (Å²) in [6, 6.07) is 14.5. The fourth-order valence-electron chi connectivity index (χ4n) is 3.88. The van der Waals surface area contributed by atoms with Crippen LogP contribution >= 0.6 is 0 Å². The Morgan fingerprint density at radius 2 is 1.72 bits per heavy atom. The number of fused-ring (bicyclic) bond motifs is 1. The Morgan fingerprint density at radius 1 is 0.897 bits per heavy atom. The summed E-state index contributed by atoms with van der Waals surface area (Å²) in [6.45, 7) is 4.79. The van der Waals surface area contributed by atoms with Crippen molar-refractivity contribution in [2.45, 2.75) is 13.0 Å². The molecule has 0 atom stereocenters. The number of hydrogen-bond donors (Lipinski definition) is 1. The molecule has 3 aromatic rings. The van der Waals surface area contributed by atoms with E-state index in [1.165, 1.54) is 11.1 Å². The van der Waals surface area contributed by atoms with E-state index in [0.717, 1.165) is 55.6 Å². The maximum Gasteiger partial charge on any atom is 0.228 e. The zero-order chi connectivity index (χ0) is 19.6. The minimum absolute atomic E-state index is 0.504. The summed E-state index contributed by atoms with van der Waals surface area (Å²) >= 11 is 0. The second kappa shape index (κ2) is 7.67. The summed E-state index contributed by atoms with van der Waals surface area (Å²) in [6.07, 6.45) is 2.79. The molecule has 0 spiro atoms. The number of morpholine rings is 1. The third-order valence-corrected chi connectivity index (χ3v) is 5.53. The molecule has 0 saturated carbocycles. The van der Waals surface area contributed by atoms with Crippen molar-refractivity contribution in [1.29, 1.82) is 0 Å². The van der Waals surface area contributed by atoms with Crippen molar-refractivity contribution in [1.82, 2.24) is 15.0 Å². The van der Waals surface area contributed by atoms with Crippen LogP contribution in [0.25, 0.3) is 11.3 Å². The van der Waals surface area contributed by atoms with E-state index in [9.17, 15) is 0 Å². The van der Waals surface area contributed by atoms with Gasteiger partial charge in [0.15, 0.2) is 0 Å². The minimum Gasteiger partial charge on any atom is -0.384 e. The Bertz CT molecular complexity index is 1000. The molecule has 2 aromatic heterocycles. The molecule has 2 aliphatic heterocycles. The predicted molar refractivity (Wildman–Crippen MR) is 114 cm³/mol. The van der Waals surface area contributed by atoms with Gasteiger partial charge in [-0.25, -0.2) is 9.97 Å². The molecule has 2 aliphatic rings. The Morgan fingerprint density at radius 3 is 2.52 bits per heavy atom. The standard InChI is InChI=1S/C22H24N6O/c23-20-6-5-17(14-24-20)19-13-21(26-22(25-19)27-9-11-29-12-10-27)28-8-7-16-3-1-2-4-18(16)15-28/h1-6,13-14H,7-12,15H2,(H2,23,24). The molecule has 1 saturated heterocycles. The van der Waals surface area contributed by atoms with E-state index in [0.29, 0.717) is 19.0 Å². The minimum atomic E-state index is 0.504. The van der Waals surface area contributed by atoms with Crippen LogP contribution in [0, 0.1) is 0 Å². The van der Waals surface area contributed by atoms with Crippen LogP contribution in [0.1, 0.15) is 11.1 Å². The van der Waals surface area contributed by atoms with Crippen LogP contribution in [-0.4, -0.2) is 47.8 Å². The van der Waals surface area contributed by atoms with E-state index in [1.54, 1.807) is 6.20 Å². The lowest BCUT2D eigenvalue weighted by atomic mass is 10.00. The van der Waals surface area contributed by atoms with Gasteiger partial charge in [-0.1, -0.05) is 24.3 Å². The summed E-state index contributed by atoms with van der Waals surface area (Å²) in [5, 5.41) is 0. The molecule has 7 heteroatoms. The van der Waals surface area contributed by atoms with Crippen LogP contribution in [0.4, 0.5) is 17.6 Å². The van der Waals surface area contributed by atoms with E-state index in [-0.39, 0.29) is 0 Å². The van der Waals surface area contributed by atoms with Crippen molar-refractivity contribution in [2.24, 2.45) is 0 Å². The molecule has 2 N–H and O–H groups in total. The van der Waals surface area contributed by atoms with Crippen LogP contribution in [0.3, 0.4) is 0 Å². The fourth-order valence-corrected chi connectivity index (χ4v) is 3.88. The predicted octanol–water partition coefficient (Wildman–Crippen LogP) is 2.52. The van der Waals surface area contributed by atoms with Gasteiger partial charge in [-0.15, -0.1) is 0 Å². The Kier molecular flexibility index (Phi) is 4.73. The van der Waals surface area contributed by atoms with Crippen molar-refractivity contribution in [3.8, 4) is 11.3 Å². The SMILES string of the molecule is Nc1ccc(-c2cc(N3CCc4ccccc4C3)nc(N3CCOCC3)n2)cn1. The maximum atomic E-state index is 5.77. The molecule has 0 aliphatic carbocycles. The van der Waals surface area contributed by atoms with Gasteiger partial charge >= 0.3 is 0 Å². The van der Waals surface area contributed by atoms with Crippen molar-refractivity contribution < 1.29 is 4.74 Å². The van der Waals surface area contributed by atoms with Crippen molar-refractivity contribution in [3.63, 3.8) is 0 Å². The first kappa shape index (κ1) is 17.9. The highest BCUT2D eigenvalue weighted by atomic mass is 16.5. The third kappa shape index (κ3) is 3.73. The van der Waals surface area contributed by atoms with Crippen LogP contribution < -0.4 is 15.5 Å². The number of nitrogens with two attached hydrogens (primary N) is 1. The summed E-state index contributed by atoms with van der Waals surface area (Å²) in [7, 11) is 0. The Balaban J connectivity index is 1.53. The summed E-state index contributed by atoms with van der Waals surface area (Å²) < 4.78 is 5.50. The first-order valence-corrected chi connectivity index (χ1v) is 10.0. The molecule has 7 nitrogen and oxygen atoms in total. The molecule has 1 fully saturated rings. The Labute approximate surface area is 170 Å². The van der Waals surface area contributed by atoms with Gasteiger partial charge in [0, 0.05) is 44.0 Å². The van der Waals surface area contributed by atoms with Gasteiger partial charge in [-0.05, 0) is 29.7 Å². The van der Waals surface area contributed by atoms with E-state index in [4.69, 9.17) is 20.4 Å². The van der Waals surface area contributed by atoms with Crippen molar-refractivity contribution in [3.05, 3.63) is 59.8 Å². The van der Waals surface area contributed by atoms with Crippen LogP contribution in [0.2, 0.25) is 0 Å². The second-order valence-corrected chi connectivity index (χ2v) is 7.42. The highest BCUT2D eigenvalue weighted by molar-refractivity contribution is 5.65. The summed E-state index contributed by atoms with van der Waals surface area (Å²) in [4.78, 5) is 18.6. The zero-order valence-electron chi connectivity index (χ0n) is 16.3. The Hall–Kier alpha value is -3.19. The van der Waals surface area contributed by atoms with E-state index >= 15 is 0 Å². The van der Waals surface area contributed by atoms with Gasteiger partial charge in [0.2, 0.25) is 5.95 Å². The van der Waals surface area contributed by atoms with Gasteiger partial charge in [0.1, 0.15) is 11.6 Å². The monoisotopic (exact) mass is 388 g/mol.